The highest BCUT2D eigenvalue weighted by Gasteiger charge is 2.20. The molecule has 1 aliphatic rings. The number of hydrogen-bond donors (Lipinski definition) is 2. The molecule has 1 aliphatic carbocycles. The molecule has 0 saturated heterocycles. The van der Waals surface area contributed by atoms with E-state index in [0.29, 0.717) is 24.2 Å². The molecule has 1 saturated carbocycles. The van der Waals surface area contributed by atoms with Crippen LogP contribution in [0.5, 0.6) is 0 Å². The molecule has 1 fully saturated rings. The molecule has 0 aliphatic heterocycles. The Balaban J connectivity index is 1.56. The van der Waals surface area contributed by atoms with Crippen molar-refractivity contribution in [2.75, 3.05) is 19.8 Å². The second-order valence-corrected chi connectivity index (χ2v) is 5.72. The molecule has 5 heteroatoms. The Bertz CT molecular complexity index is 719. The summed E-state index contributed by atoms with van der Waals surface area (Å²) in [6, 6.07) is 8.65. The van der Waals surface area contributed by atoms with Crippen LogP contribution >= 0.6 is 0 Å². The zero-order chi connectivity index (χ0) is 15.4. The van der Waals surface area contributed by atoms with Crippen molar-refractivity contribution in [2.24, 2.45) is 5.92 Å². The standard InChI is InChI=1S/C17H20N2O3/c20-16-10-14(13-4-1-2-5-15(13)19-16)17(21)18-8-3-9-22-11-12-6-7-12/h1-2,4-5,10,12H,3,6-9,11H2,(H,18,21)(H,19,20). The van der Waals surface area contributed by atoms with Crippen LogP contribution in [0.2, 0.25) is 0 Å². The number of aromatic nitrogens is 1. The van der Waals surface area contributed by atoms with Crippen molar-refractivity contribution in [3.63, 3.8) is 0 Å². The third kappa shape index (κ3) is 3.74. The summed E-state index contributed by atoms with van der Waals surface area (Å²) >= 11 is 0. The highest BCUT2D eigenvalue weighted by molar-refractivity contribution is 6.05. The first-order valence-corrected chi connectivity index (χ1v) is 7.72. The van der Waals surface area contributed by atoms with Gasteiger partial charge in [0.15, 0.2) is 0 Å². The van der Waals surface area contributed by atoms with E-state index in [1.54, 1.807) is 6.07 Å². The zero-order valence-corrected chi connectivity index (χ0v) is 12.4. The molecule has 2 N–H and O–H groups in total. The van der Waals surface area contributed by atoms with Crippen molar-refractivity contribution < 1.29 is 9.53 Å². The quantitative estimate of drug-likeness (QED) is 0.769. The lowest BCUT2D eigenvalue weighted by molar-refractivity contribution is 0.0939. The number of nitrogens with one attached hydrogen (secondary N) is 2. The topological polar surface area (TPSA) is 71.2 Å². The predicted molar refractivity (Wildman–Crippen MR) is 85.1 cm³/mol. The van der Waals surface area contributed by atoms with Crippen molar-refractivity contribution in [3.05, 3.63) is 46.2 Å². The average Bonchev–Trinajstić information content (AvgIpc) is 3.33. The van der Waals surface area contributed by atoms with E-state index in [4.69, 9.17) is 4.74 Å². The van der Waals surface area contributed by atoms with Gasteiger partial charge in [0, 0.05) is 36.7 Å². The molecule has 1 heterocycles. The Morgan fingerprint density at radius 1 is 1.32 bits per heavy atom. The number of para-hydroxylation sites is 1. The number of carbonyl (C=O) groups excluding carboxylic acids is 1. The number of aromatic amines is 1. The summed E-state index contributed by atoms with van der Waals surface area (Å²) in [5.74, 6) is 0.543. The van der Waals surface area contributed by atoms with Gasteiger partial charge in [0.25, 0.3) is 5.91 Å². The van der Waals surface area contributed by atoms with Gasteiger partial charge in [0.05, 0.1) is 5.56 Å². The number of hydrogen-bond acceptors (Lipinski definition) is 3. The molecule has 3 rings (SSSR count). The predicted octanol–water partition coefficient (Wildman–Crippen LogP) is 2.07. The van der Waals surface area contributed by atoms with E-state index in [-0.39, 0.29) is 11.5 Å². The van der Waals surface area contributed by atoms with Crippen molar-refractivity contribution in [3.8, 4) is 0 Å². The molecule has 5 nitrogen and oxygen atoms in total. The number of fused-ring (bicyclic) bond motifs is 1. The average molecular weight is 300 g/mol. The first kappa shape index (κ1) is 14.8. The summed E-state index contributed by atoms with van der Waals surface area (Å²) in [6.45, 7) is 2.05. The third-order valence-corrected chi connectivity index (χ3v) is 3.80. The van der Waals surface area contributed by atoms with Gasteiger partial charge in [-0.25, -0.2) is 0 Å². The van der Waals surface area contributed by atoms with Gasteiger partial charge in [-0.1, -0.05) is 18.2 Å². The number of carbonyl (C=O) groups is 1. The molecule has 0 unspecified atom stereocenters. The minimum atomic E-state index is -0.267. The lowest BCUT2D eigenvalue weighted by Crippen LogP contribution is -2.27. The smallest absolute Gasteiger partial charge is 0.252 e. The van der Waals surface area contributed by atoms with Crippen LogP contribution in [0.15, 0.2) is 35.1 Å². The van der Waals surface area contributed by atoms with Gasteiger partial charge in [-0.05, 0) is 31.2 Å². The monoisotopic (exact) mass is 300 g/mol. The van der Waals surface area contributed by atoms with E-state index in [0.717, 1.165) is 24.3 Å². The van der Waals surface area contributed by atoms with Crippen LogP contribution in [0, 0.1) is 5.92 Å². The number of amides is 1. The van der Waals surface area contributed by atoms with Crippen LogP contribution in [0.1, 0.15) is 29.6 Å². The number of benzene rings is 1. The van der Waals surface area contributed by atoms with Crippen molar-refractivity contribution in [1.82, 2.24) is 10.3 Å². The van der Waals surface area contributed by atoms with Gasteiger partial charge < -0.3 is 15.0 Å². The summed E-state index contributed by atoms with van der Waals surface area (Å²) in [6.07, 6.45) is 3.35. The molecule has 116 valence electrons. The Morgan fingerprint density at radius 2 is 2.14 bits per heavy atom. The fraction of sp³-hybridized carbons (Fsp3) is 0.412. The number of H-pyrrole nitrogens is 1. The molecule has 0 radical (unpaired) electrons. The molecular formula is C17H20N2O3. The van der Waals surface area contributed by atoms with Gasteiger partial charge in [-0.15, -0.1) is 0 Å². The highest BCUT2D eigenvalue weighted by Crippen LogP contribution is 2.28. The Hall–Kier alpha value is -2.14. The minimum Gasteiger partial charge on any atom is -0.381 e. The van der Waals surface area contributed by atoms with Crippen LogP contribution < -0.4 is 10.9 Å². The van der Waals surface area contributed by atoms with Crippen molar-refractivity contribution in [1.29, 1.82) is 0 Å². The van der Waals surface area contributed by atoms with E-state index in [9.17, 15) is 9.59 Å². The summed E-state index contributed by atoms with van der Waals surface area (Å²) in [5.41, 5.74) is 0.822. The van der Waals surface area contributed by atoms with E-state index in [1.807, 2.05) is 18.2 Å². The molecule has 22 heavy (non-hydrogen) atoms. The third-order valence-electron chi connectivity index (χ3n) is 3.80. The Labute approximate surface area is 128 Å². The Morgan fingerprint density at radius 3 is 2.95 bits per heavy atom. The van der Waals surface area contributed by atoms with Crippen molar-refractivity contribution >= 4 is 16.8 Å². The van der Waals surface area contributed by atoms with Gasteiger partial charge in [0.1, 0.15) is 0 Å². The minimum absolute atomic E-state index is 0.218. The van der Waals surface area contributed by atoms with Gasteiger partial charge in [0.2, 0.25) is 5.56 Å². The van der Waals surface area contributed by atoms with Crippen LogP contribution in [-0.4, -0.2) is 30.6 Å². The van der Waals surface area contributed by atoms with E-state index in [2.05, 4.69) is 10.3 Å². The summed E-state index contributed by atoms with van der Waals surface area (Å²) < 4.78 is 5.53. The largest absolute Gasteiger partial charge is 0.381 e. The first-order valence-electron chi connectivity index (χ1n) is 7.72. The summed E-state index contributed by atoms with van der Waals surface area (Å²) in [7, 11) is 0. The molecule has 0 atom stereocenters. The van der Waals surface area contributed by atoms with Gasteiger partial charge in [-0.2, -0.15) is 0 Å². The number of ether oxygens (including phenoxy) is 1. The van der Waals surface area contributed by atoms with E-state index >= 15 is 0 Å². The fourth-order valence-corrected chi connectivity index (χ4v) is 2.40. The SMILES string of the molecule is O=C(NCCCOCC1CC1)c1cc(=O)[nH]c2ccccc12. The molecule has 0 bridgehead atoms. The van der Waals surface area contributed by atoms with Gasteiger partial charge in [-0.3, -0.25) is 9.59 Å². The number of rotatable bonds is 7. The normalized spacial score (nSPS) is 14.2. The second-order valence-electron chi connectivity index (χ2n) is 5.72. The van der Waals surface area contributed by atoms with E-state index in [1.165, 1.54) is 18.9 Å². The zero-order valence-electron chi connectivity index (χ0n) is 12.4. The lowest BCUT2D eigenvalue weighted by Gasteiger charge is -2.08. The maximum atomic E-state index is 12.3. The number of pyridine rings is 1. The maximum Gasteiger partial charge on any atom is 0.252 e. The first-order chi connectivity index (χ1) is 10.7. The second kappa shape index (κ2) is 6.75. The summed E-state index contributed by atoms with van der Waals surface area (Å²) in [5, 5.41) is 3.60. The molecule has 1 amide bonds. The molecule has 2 aromatic rings. The highest BCUT2D eigenvalue weighted by atomic mass is 16.5. The molecule has 1 aromatic carbocycles. The van der Waals surface area contributed by atoms with Crippen LogP contribution in [-0.2, 0) is 4.74 Å². The summed E-state index contributed by atoms with van der Waals surface area (Å²) in [4.78, 5) is 26.6. The van der Waals surface area contributed by atoms with Crippen LogP contribution in [0.25, 0.3) is 10.9 Å². The molecular weight excluding hydrogens is 280 g/mol. The van der Waals surface area contributed by atoms with Crippen molar-refractivity contribution in [2.45, 2.75) is 19.3 Å². The molecule has 0 spiro atoms. The molecule has 1 aromatic heterocycles. The van der Waals surface area contributed by atoms with Crippen LogP contribution in [0.4, 0.5) is 0 Å². The Kier molecular flexibility index (Phi) is 4.53. The van der Waals surface area contributed by atoms with Gasteiger partial charge >= 0.3 is 0 Å². The maximum absolute atomic E-state index is 12.3. The fourth-order valence-electron chi connectivity index (χ4n) is 2.40. The lowest BCUT2D eigenvalue weighted by atomic mass is 10.1. The van der Waals surface area contributed by atoms with E-state index < -0.39 is 0 Å². The van der Waals surface area contributed by atoms with Crippen LogP contribution in [0.3, 0.4) is 0 Å².